The Morgan fingerprint density at radius 2 is 1.81 bits per heavy atom. The molecule has 170 valence electrons. The fourth-order valence-electron chi connectivity index (χ4n) is 3.79. The van der Waals surface area contributed by atoms with Crippen LogP contribution in [0.4, 0.5) is 8.78 Å². The van der Waals surface area contributed by atoms with E-state index in [1.165, 1.54) is 26.4 Å². The minimum Gasteiger partial charge on any atom is -0.496 e. The maximum Gasteiger partial charge on any atom is 0.289 e. The summed E-state index contributed by atoms with van der Waals surface area (Å²) in [4.78, 5) is 2.87. The lowest BCUT2D eigenvalue weighted by Crippen LogP contribution is -2.30. The van der Waals surface area contributed by atoms with Gasteiger partial charge in [-0.1, -0.05) is 54.2 Å². The number of nitrogens with zero attached hydrogens (tertiary/aromatic N) is 4. The van der Waals surface area contributed by atoms with Crippen LogP contribution in [-0.4, -0.2) is 45.6 Å². The smallest absolute Gasteiger partial charge is 0.289 e. The van der Waals surface area contributed by atoms with Crippen LogP contribution in [0, 0.1) is 0 Å². The molecule has 4 rings (SSSR count). The summed E-state index contributed by atoms with van der Waals surface area (Å²) in [5.41, 5.74) is 2.01. The maximum atomic E-state index is 12.8. The summed E-state index contributed by atoms with van der Waals surface area (Å²) in [5, 5.41) is 9.82. The molecule has 0 spiro atoms. The van der Waals surface area contributed by atoms with Crippen LogP contribution in [-0.2, 0) is 12.3 Å². The molecule has 0 aliphatic carbocycles. The van der Waals surface area contributed by atoms with Crippen molar-refractivity contribution in [2.75, 3.05) is 20.2 Å². The molecule has 32 heavy (non-hydrogen) atoms. The van der Waals surface area contributed by atoms with Gasteiger partial charge < -0.3 is 4.74 Å². The largest absolute Gasteiger partial charge is 0.496 e. The highest BCUT2D eigenvalue weighted by atomic mass is 32.2. The fourth-order valence-corrected chi connectivity index (χ4v) is 5.30. The molecular formula is C23H26F2N4OS2. The number of benzene rings is 2. The Hall–Kier alpha value is -2.10. The predicted octanol–water partition coefficient (Wildman–Crippen LogP) is 5.87. The monoisotopic (exact) mass is 476 g/mol. The molecule has 1 aliphatic rings. The van der Waals surface area contributed by atoms with E-state index in [0.717, 1.165) is 41.9 Å². The summed E-state index contributed by atoms with van der Waals surface area (Å²) < 4.78 is 33.0. The van der Waals surface area contributed by atoms with E-state index in [-0.39, 0.29) is 0 Å². The highest BCUT2D eigenvalue weighted by molar-refractivity contribution is 7.99. The molecule has 0 radical (unpaired) electrons. The van der Waals surface area contributed by atoms with Gasteiger partial charge in [-0.05, 0) is 55.8 Å². The van der Waals surface area contributed by atoms with E-state index in [2.05, 4.69) is 31.8 Å². The zero-order chi connectivity index (χ0) is 22.3. The van der Waals surface area contributed by atoms with E-state index in [0.29, 0.717) is 28.2 Å². The average molecular weight is 477 g/mol. The van der Waals surface area contributed by atoms with Gasteiger partial charge in [0.25, 0.3) is 5.76 Å². The number of halogens is 2. The summed E-state index contributed by atoms with van der Waals surface area (Å²) in [6, 6.07) is 15.5. The van der Waals surface area contributed by atoms with Crippen molar-refractivity contribution in [2.24, 2.45) is 0 Å². The van der Waals surface area contributed by atoms with Crippen molar-refractivity contribution >= 4 is 23.5 Å². The number of likely N-dealkylation sites (tertiary alicyclic amines) is 1. The normalized spacial score (nSPS) is 14.8. The van der Waals surface area contributed by atoms with E-state index < -0.39 is 5.76 Å². The van der Waals surface area contributed by atoms with Gasteiger partial charge in [-0.15, -0.1) is 10.2 Å². The lowest BCUT2D eigenvalue weighted by Gasteiger charge is -2.26. The van der Waals surface area contributed by atoms with Crippen LogP contribution < -0.4 is 4.74 Å². The number of alkyl halides is 2. The van der Waals surface area contributed by atoms with Crippen molar-refractivity contribution in [2.45, 2.75) is 47.4 Å². The van der Waals surface area contributed by atoms with Crippen LogP contribution in [0.1, 0.15) is 30.7 Å². The standard InChI is InChI=1S/C23H26F2N4OS2/c1-30-19-14-17(10-11-20(19)32-22(24)25)16-31-23-27-26-21(15-28-12-6-3-7-13-28)29(23)18-8-4-2-5-9-18/h2,4-5,8-11,14,22H,3,6-7,12-13,15-16H2,1H3. The number of para-hydroxylation sites is 1. The van der Waals surface area contributed by atoms with Crippen LogP contribution in [0.5, 0.6) is 5.75 Å². The van der Waals surface area contributed by atoms with Crippen molar-refractivity contribution in [1.29, 1.82) is 0 Å². The van der Waals surface area contributed by atoms with Crippen molar-refractivity contribution in [1.82, 2.24) is 19.7 Å². The minimum atomic E-state index is -2.48. The Kier molecular flexibility index (Phi) is 8.05. The second-order valence-electron chi connectivity index (χ2n) is 7.56. The first-order valence-electron chi connectivity index (χ1n) is 10.6. The van der Waals surface area contributed by atoms with Crippen molar-refractivity contribution < 1.29 is 13.5 Å². The van der Waals surface area contributed by atoms with Gasteiger partial charge in [-0.2, -0.15) is 8.78 Å². The van der Waals surface area contributed by atoms with Crippen LogP contribution in [0.2, 0.25) is 0 Å². The Morgan fingerprint density at radius 1 is 1.03 bits per heavy atom. The van der Waals surface area contributed by atoms with E-state index in [1.807, 2.05) is 30.3 Å². The highest BCUT2D eigenvalue weighted by Crippen LogP contribution is 2.35. The first-order chi connectivity index (χ1) is 15.6. The molecule has 0 N–H and O–H groups in total. The van der Waals surface area contributed by atoms with Gasteiger partial charge in [0.2, 0.25) is 0 Å². The average Bonchev–Trinajstić information content (AvgIpc) is 3.21. The van der Waals surface area contributed by atoms with Crippen LogP contribution >= 0.6 is 23.5 Å². The number of thioether (sulfide) groups is 2. The van der Waals surface area contributed by atoms with Crippen LogP contribution in [0.15, 0.2) is 58.6 Å². The summed E-state index contributed by atoms with van der Waals surface area (Å²) >= 11 is 2.07. The summed E-state index contributed by atoms with van der Waals surface area (Å²) in [7, 11) is 1.50. The van der Waals surface area contributed by atoms with Gasteiger partial charge in [0.1, 0.15) is 5.75 Å². The second-order valence-corrected chi connectivity index (χ2v) is 9.53. The number of methoxy groups -OCH3 is 1. The molecule has 9 heteroatoms. The molecule has 0 bridgehead atoms. The molecule has 0 amide bonds. The first kappa shape index (κ1) is 23.1. The van der Waals surface area contributed by atoms with E-state index in [9.17, 15) is 8.78 Å². The maximum absolute atomic E-state index is 12.8. The van der Waals surface area contributed by atoms with Gasteiger partial charge in [0.15, 0.2) is 11.0 Å². The van der Waals surface area contributed by atoms with Gasteiger partial charge in [0, 0.05) is 11.4 Å². The zero-order valence-corrected chi connectivity index (χ0v) is 19.5. The molecule has 1 saturated heterocycles. The third kappa shape index (κ3) is 5.82. The number of aromatic nitrogens is 3. The first-order valence-corrected chi connectivity index (χ1v) is 12.5. The predicted molar refractivity (Wildman–Crippen MR) is 125 cm³/mol. The fraction of sp³-hybridized carbons (Fsp3) is 0.391. The molecule has 3 aromatic rings. The highest BCUT2D eigenvalue weighted by Gasteiger charge is 2.19. The number of piperidine rings is 1. The number of hydrogen-bond acceptors (Lipinski definition) is 6. The SMILES string of the molecule is COc1cc(CSc2nnc(CN3CCCCC3)n2-c2ccccc2)ccc1SC(F)F. The second kappa shape index (κ2) is 11.2. The molecule has 5 nitrogen and oxygen atoms in total. The van der Waals surface area contributed by atoms with Gasteiger partial charge in [-0.3, -0.25) is 9.47 Å². The summed E-state index contributed by atoms with van der Waals surface area (Å²) in [6.07, 6.45) is 3.74. The van der Waals surface area contributed by atoms with E-state index in [1.54, 1.807) is 17.8 Å². The molecule has 1 aliphatic heterocycles. The van der Waals surface area contributed by atoms with Crippen molar-refractivity contribution in [3.8, 4) is 11.4 Å². The molecule has 2 heterocycles. The van der Waals surface area contributed by atoms with Crippen LogP contribution in [0.25, 0.3) is 5.69 Å². The van der Waals surface area contributed by atoms with Gasteiger partial charge in [0.05, 0.1) is 18.6 Å². The number of hydrogen-bond donors (Lipinski definition) is 0. The topological polar surface area (TPSA) is 43.2 Å². The van der Waals surface area contributed by atoms with Gasteiger partial charge >= 0.3 is 0 Å². The molecule has 1 aromatic heterocycles. The Morgan fingerprint density at radius 3 is 2.53 bits per heavy atom. The molecule has 0 saturated carbocycles. The molecule has 0 unspecified atom stereocenters. The number of ether oxygens (including phenoxy) is 1. The molecule has 0 atom stereocenters. The summed E-state index contributed by atoms with van der Waals surface area (Å²) in [5.74, 6) is -0.456. The lowest BCUT2D eigenvalue weighted by molar-refractivity contribution is 0.214. The van der Waals surface area contributed by atoms with E-state index >= 15 is 0 Å². The van der Waals surface area contributed by atoms with Gasteiger partial charge in [-0.25, -0.2) is 0 Å². The third-order valence-electron chi connectivity index (χ3n) is 5.34. The van der Waals surface area contributed by atoms with Crippen molar-refractivity contribution in [3.63, 3.8) is 0 Å². The molecular weight excluding hydrogens is 450 g/mol. The molecule has 1 fully saturated rings. The Labute approximate surface area is 195 Å². The zero-order valence-electron chi connectivity index (χ0n) is 17.9. The lowest BCUT2D eigenvalue weighted by atomic mass is 10.1. The molecule has 2 aromatic carbocycles. The van der Waals surface area contributed by atoms with Crippen LogP contribution in [0.3, 0.4) is 0 Å². The Balaban J connectivity index is 1.54. The van der Waals surface area contributed by atoms with E-state index in [4.69, 9.17) is 4.74 Å². The Bertz CT molecular complexity index is 1010. The van der Waals surface area contributed by atoms with Crippen molar-refractivity contribution in [3.05, 3.63) is 59.9 Å². The third-order valence-corrected chi connectivity index (χ3v) is 7.11. The minimum absolute atomic E-state index is 0.438. The quantitative estimate of drug-likeness (QED) is 0.360. The number of rotatable bonds is 9. The summed E-state index contributed by atoms with van der Waals surface area (Å²) in [6.45, 7) is 2.95.